The lowest BCUT2D eigenvalue weighted by atomic mass is 9.81. The quantitative estimate of drug-likeness (QED) is 0.855. The number of rotatable bonds is 3. The molecule has 0 amide bonds. The van der Waals surface area contributed by atoms with Crippen molar-refractivity contribution in [3.63, 3.8) is 0 Å². The van der Waals surface area contributed by atoms with E-state index in [0.29, 0.717) is 0 Å². The van der Waals surface area contributed by atoms with E-state index in [1.165, 1.54) is 58.2 Å². The van der Waals surface area contributed by atoms with Gasteiger partial charge in [-0.2, -0.15) is 0 Å². The van der Waals surface area contributed by atoms with Crippen LogP contribution in [0.1, 0.15) is 52.4 Å². The molecule has 0 aromatic rings. The van der Waals surface area contributed by atoms with E-state index in [4.69, 9.17) is 0 Å². The lowest BCUT2D eigenvalue weighted by Crippen LogP contribution is -2.58. The van der Waals surface area contributed by atoms with Crippen LogP contribution in [-0.4, -0.2) is 60.6 Å². The molecule has 0 radical (unpaired) electrons. The first-order valence-corrected chi connectivity index (χ1v) is 8.87. The predicted molar refractivity (Wildman–Crippen MR) is 85.0 cm³/mol. The summed E-state index contributed by atoms with van der Waals surface area (Å²) in [5, 5.41) is 4.05. The summed E-state index contributed by atoms with van der Waals surface area (Å²) in [6, 6.07) is 3.24. The average Bonchev–Trinajstić information content (AvgIpc) is 2.42. The molecule has 1 unspecified atom stereocenters. The van der Waals surface area contributed by atoms with Crippen molar-refractivity contribution in [3.05, 3.63) is 0 Å². The molecule has 3 aliphatic rings. The van der Waals surface area contributed by atoms with E-state index < -0.39 is 0 Å². The van der Waals surface area contributed by atoms with Gasteiger partial charge in [-0.25, -0.2) is 0 Å². The van der Waals surface area contributed by atoms with Gasteiger partial charge in [0.25, 0.3) is 0 Å². The normalized spacial score (nSPS) is 43.6. The molecule has 0 aromatic heterocycles. The SMILES string of the molecule is CCN1CC[C@H](NC2C[C@H]3CCC[C@@H](C2)N3C)[C@@H](C)C1. The third-order valence-corrected chi connectivity index (χ3v) is 6.23. The van der Waals surface area contributed by atoms with Crippen molar-refractivity contribution in [2.24, 2.45) is 5.92 Å². The van der Waals surface area contributed by atoms with Gasteiger partial charge in [0.1, 0.15) is 0 Å². The molecular formula is C17H33N3. The van der Waals surface area contributed by atoms with Crippen LogP contribution in [0.15, 0.2) is 0 Å². The van der Waals surface area contributed by atoms with Crippen LogP contribution in [0.4, 0.5) is 0 Å². The van der Waals surface area contributed by atoms with Crippen LogP contribution in [0.5, 0.6) is 0 Å². The highest BCUT2D eigenvalue weighted by molar-refractivity contribution is 4.95. The van der Waals surface area contributed by atoms with Crippen LogP contribution < -0.4 is 5.32 Å². The fourth-order valence-corrected chi connectivity index (χ4v) is 4.82. The summed E-state index contributed by atoms with van der Waals surface area (Å²) in [7, 11) is 2.35. The molecule has 2 bridgehead atoms. The van der Waals surface area contributed by atoms with Gasteiger partial charge >= 0.3 is 0 Å². The molecule has 0 saturated carbocycles. The first-order valence-electron chi connectivity index (χ1n) is 8.87. The smallest absolute Gasteiger partial charge is 0.0120 e. The molecule has 0 aromatic carbocycles. The summed E-state index contributed by atoms with van der Waals surface area (Å²) in [5.41, 5.74) is 0. The largest absolute Gasteiger partial charge is 0.311 e. The minimum atomic E-state index is 0.756. The minimum Gasteiger partial charge on any atom is -0.311 e. The Labute approximate surface area is 125 Å². The highest BCUT2D eigenvalue weighted by Gasteiger charge is 2.37. The minimum absolute atomic E-state index is 0.756. The molecule has 1 N–H and O–H groups in total. The number of fused-ring (bicyclic) bond motifs is 2. The van der Waals surface area contributed by atoms with Crippen LogP contribution in [-0.2, 0) is 0 Å². The van der Waals surface area contributed by atoms with Gasteiger partial charge in [0.15, 0.2) is 0 Å². The van der Waals surface area contributed by atoms with Gasteiger partial charge in [-0.05, 0) is 58.2 Å². The van der Waals surface area contributed by atoms with Crippen molar-refractivity contribution in [2.45, 2.75) is 76.5 Å². The average molecular weight is 279 g/mol. The Balaban J connectivity index is 1.53. The summed E-state index contributed by atoms with van der Waals surface area (Å²) in [6.45, 7) is 8.52. The van der Waals surface area contributed by atoms with Gasteiger partial charge < -0.3 is 15.1 Å². The number of hydrogen-bond acceptors (Lipinski definition) is 3. The molecule has 3 heteroatoms. The second-order valence-electron chi connectivity index (χ2n) is 7.50. The standard InChI is InChI=1S/C17H33N3/c1-4-20-9-8-17(13(2)12-20)18-14-10-15-6-5-7-16(11-14)19(15)3/h13-18H,4-12H2,1-3H3/t13-,14?,15-,16+,17-/m0/s1. The van der Waals surface area contributed by atoms with Gasteiger partial charge in [-0.1, -0.05) is 20.3 Å². The predicted octanol–water partition coefficient (Wildman–Crippen LogP) is 2.32. The Bertz CT molecular complexity index is 305. The van der Waals surface area contributed by atoms with Crippen LogP contribution in [0.2, 0.25) is 0 Å². The third-order valence-electron chi connectivity index (χ3n) is 6.23. The second-order valence-corrected chi connectivity index (χ2v) is 7.50. The summed E-state index contributed by atoms with van der Waals surface area (Å²) < 4.78 is 0. The number of nitrogens with zero attached hydrogens (tertiary/aromatic N) is 2. The third kappa shape index (κ3) is 3.05. The van der Waals surface area contributed by atoms with E-state index in [0.717, 1.165) is 30.1 Å². The number of nitrogens with one attached hydrogen (secondary N) is 1. The van der Waals surface area contributed by atoms with Crippen LogP contribution >= 0.6 is 0 Å². The number of hydrogen-bond donors (Lipinski definition) is 1. The molecule has 116 valence electrons. The lowest BCUT2D eigenvalue weighted by Gasteiger charge is -2.49. The van der Waals surface area contributed by atoms with Gasteiger partial charge in [0.2, 0.25) is 0 Å². The topological polar surface area (TPSA) is 18.5 Å². The van der Waals surface area contributed by atoms with Crippen molar-refractivity contribution in [3.8, 4) is 0 Å². The summed E-state index contributed by atoms with van der Waals surface area (Å²) in [6.07, 6.45) is 8.42. The maximum atomic E-state index is 4.05. The Hall–Kier alpha value is -0.120. The van der Waals surface area contributed by atoms with Gasteiger partial charge in [0, 0.05) is 30.7 Å². The molecule has 3 fully saturated rings. The van der Waals surface area contributed by atoms with Crippen molar-refractivity contribution < 1.29 is 0 Å². The molecule has 0 spiro atoms. The van der Waals surface area contributed by atoms with Gasteiger partial charge in [0.05, 0.1) is 0 Å². The molecule has 3 nitrogen and oxygen atoms in total. The number of likely N-dealkylation sites (tertiary alicyclic amines) is 1. The Morgan fingerprint density at radius 2 is 1.80 bits per heavy atom. The maximum absolute atomic E-state index is 4.05. The molecule has 3 aliphatic heterocycles. The Morgan fingerprint density at radius 3 is 2.40 bits per heavy atom. The second kappa shape index (κ2) is 6.33. The van der Waals surface area contributed by atoms with Crippen LogP contribution in [0, 0.1) is 5.92 Å². The monoisotopic (exact) mass is 279 g/mol. The van der Waals surface area contributed by atoms with Crippen LogP contribution in [0.25, 0.3) is 0 Å². The molecule has 0 aliphatic carbocycles. The fraction of sp³-hybridized carbons (Fsp3) is 1.00. The molecular weight excluding hydrogens is 246 g/mol. The van der Waals surface area contributed by atoms with Crippen molar-refractivity contribution >= 4 is 0 Å². The van der Waals surface area contributed by atoms with Crippen LogP contribution in [0.3, 0.4) is 0 Å². The first kappa shape index (κ1) is 14.8. The Kier molecular flexibility index (Phi) is 4.68. The highest BCUT2D eigenvalue weighted by atomic mass is 15.2. The first-order chi connectivity index (χ1) is 9.67. The van der Waals surface area contributed by atoms with E-state index >= 15 is 0 Å². The van der Waals surface area contributed by atoms with E-state index in [1.54, 1.807) is 0 Å². The Morgan fingerprint density at radius 1 is 1.10 bits per heavy atom. The zero-order chi connectivity index (χ0) is 14.1. The maximum Gasteiger partial charge on any atom is 0.0120 e. The zero-order valence-electron chi connectivity index (χ0n) is 13.6. The van der Waals surface area contributed by atoms with Gasteiger partial charge in [-0.3, -0.25) is 0 Å². The molecule has 3 heterocycles. The fourth-order valence-electron chi connectivity index (χ4n) is 4.82. The number of piperidine rings is 3. The molecule has 3 saturated heterocycles. The summed E-state index contributed by atoms with van der Waals surface area (Å²) in [5.74, 6) is 0.809. The van der Waals surface area contributed by atoms with Crippen molar-refractivity contribution in [1.82, 2.24) is 15.1 Å². The van der Waals surface area contributed by atoms with E-state index in [2.05, 4.69) is 36.0 Å². The van der Waals surface area contributed by atoms with Crippen molar-refractivity contribution in [2.75, 3.05) is 26.7 Å². The summed E-state index contributed by atoms with van der Waals surface area (Å²) in [4.78, 5) is 5.27. The van der Waals surface area contributed by atoms with Crippen molar-refractivity contribution in [1.29, 1.82) is 0 Å². The summed E-state index contributed by atoms with van der Waals surface area (Å²) >= 11 is 0. The molecule has 3 rings (SSSR count). The van der Waals surface area contributed by atoms with E-state index in [1.807, 2.05) is 0 Å². The van der Waals surface area contributed by atoms with E-state index in [9.17, 15) is 0 Å². The highest BCUT2D eigenvalue weighted by Crippen LogP contribution is 2.33. The van der Waals surface area contributed by atoms with E-state index in [-0.39, 0.29) is 0 Å². The van der Waals surface area contributed by atoms with Gasteiger partial charge in [-0.15, -0.1) is 0 Å². The molecule has 5 atom stereocenters. The molecule has 20 heavy (non-hydrogen) atoms. The zero-order valence-corrected chi connectivity index (χ0v) is 13.6. The lowest BCUT2D eigenvalue weighted by molar-refractivity contribution is 0.0387.